The third kappa shape index (κ3) is 9.02. The molecule has 8 nitrogen and oxygen atoms in total. The van der Waals surface area contributed by atoms with Gasteiger partial charge in [0.25, 0.3) is 10.0 Å². The Bertz CT molecular complexity index is 1710. The second kappa shape index (κ2) is 16.5. The molecular formula is C35H37Cl2N3O5S. The van der Waals surface area contributed by atoms with E-state index in [0.29, 0.717) is 40.9 Å². The van der Waals surface area contributed by atoms with Crippen LogP contribution >= 0.6 is 23.2 Å². The number of hydrogen-bond donors (Lipinski definition) is 1. The van der Waals surface area contributed by atoms with Gasteiger partial charge >= 0.3 is 0 Å². The zero-order valence-electron chi connectivity index (χ0n) is 25.7. The third-order valence-corrected chi connectivity index (χ3v) is 9.60. The van der Waals surface area contributed by atoms with Crippen LogP contribution in [0.4, 0.5) is 5.69 Å². The first kappa shape index (κ1) is 34.8. The normalized spacial score (nSPS) is 11.8. The van der Waals surface area contributed by atoms with Gasteiger partial charge in [-0.3, -0.25) is 13.9 Å². The molecular weight excluding hydrogens is 645 g/mol. The maximum atomic E-state index is 14.5. The van der Waals surface area contributed by atoms with Crippen LogP contribution in [-0.4, -0.2) is 50.9 Å². The second-order valence-corrected chi connectivity index (χ2v) is 13.2. The molecule has 4 aromatic rings. The third-order valence-electron chi connectivity index (χ3n) is 7.22. The molecule has 0 bridgehead atoms. The quantitative estimate of drug-likeness (QED) is 0.150. The Morgan fingerprint density at radius 2 is 1.52 bits per heavy atom. The van der Waals surface area contributed by atoms with E-state index in [0.717, 1.165) is 9.87 Å². The summed E-state index contributed by atoms with van der Waals surface area (Å²) < 4.78 is 34.8. The maximum absolute atomic E-state index is 14.5. The minimum Gasteiger partial charge on any atom is -0.494 e. The SMILES string of the molecule is CCCNC(=O)C(Cc1ccccc1)N(Cc1ccc(Cl)cc1Cl)C(=O)CN(c1ccc(OCC)cc1)S(=O)(=O)c1ccccc1. The van der Waals surface area contributed by atoms with Gasteiger partial charge in [0.2, 0.25) is 11.8 Å². The predicted molar refractivity (Wildman–Crippen MR) is 183 cm³/mol. The topological polar surface area (TPSA) is 96.0 Å². The van der Waals surface area contributed by atoms with Crippen LogP contribution in [0.2, 0.25) is 10.0 Å². The van der Waals surface area contributed by atoms with Gasteiger partial charge in [0.15, 0.2) is 0 Å². The number of carbonyl (C=O) groups excluding carboxylic acids is 2. The Hall–Kier alpha value is -4.05. The van der Waals surface area contributed by atoms with Gasteiger partial charge in [0.05, 0.1) is 17.2 Å². The zero-order chi connectivity index (χ0) is 33.1. The smallest absolute Gasteiger partial charge is 0.264 e. The fraction of sp³-hybridized carbons (Fsp3) is 0.257. The number of carbonyl (C=O) groups is 2. The highest BCUT2D eigenvalue weighted by atomic mass is 35.5. The molecule has 46 heavy (non-hydrogen) atoms. The standard InChI is InChI=1S/C35H37Cl2N3O5S/c1-3-21-38-35(42)33(22-26-11-7-5-8-12-26)39(24-27-15-16-28(36)23-32(27)37)34(41)25-40(29-17-19-30(20-18-29)45-4-2)46(43,44)31-13-9-6-10-14-31/h5-20,23,33H,3-4,21-22,24-25H2,1-2H3,(H,38,42). The summed E-state index contributed by atoms with van der Waals surface area (Å²) in [6.07, 6.45) is 0.892. The van der Waals surface area contributed by atoms with Gasteiger partial charge in [-0.1, -0.05) is 84.7 Å². The van der Waals surface area contributed by atoms with Crippen molar-refractivity contribution in [1.29, 1.82) is 0 Å². The molecule has 0 aliphatic rings. The van der Waals surface area contributed by atoms with Crippen molar-refractivity contribution in [3.05, 3.63) is 124 Å². The van der Waals surface area contributed by atoms with E-state index >= 15 is 0 Å². The van der Waals surface area contributed by atoms with Crippen LogP contribution in [0.15, 0.2) is 108 Å². The monoisotopic (exact) mass is 681 g/mol. The molecule has 0 radical (unpaired) electrons. The number of benzene rings is 4. The second-order valence-electron chi connectivity index (χ2n) is 10.5. The van der Waals surface area contributed by atoms with Crippen LogP contribution in [0.1, 0.15) is 31.4 Å². The number of nitrogens with zero attached hydrogens (tertiary/aromatic N) is 2. The van der Waals surface area contributed by atoms with Crippen molar-refractivity contribution in [2.24, 2.45) is 0 Å². The summed E-state index contributed by atoms with van der Waals surface area (Å²) in [6, 6.07) is 27.7. The van der Waals surface area contributed by atoms with Crippen molar-refractivity contribution in [2.45, 2.75) is 44.2 Å². The van der Waals surface area contributed by atoms with Crippen molar-refractivity contribution in [3.8, 4) is 5.75 Å². The van der Waals surface area contributed by atoms with E-state index in [2.05, 4.69) is 5.32 Å². The Morgan fingerprint density at radius 1 is 0.870 bits per heavy atom. The highest BCUT2D eigenvalue weighted by Gasteiger charge is 2.34. The average molecular weight is 683 g/mol. The van der Waals surface area contributed by atoms with Crippen LogP contribution < -0.4 is 14.4 Å². The first-order valence-electron chi connectivity index (χ1n) is 15.0. The summed E-state index contributed by atoms with van der Waals surface area (Å²) in [5.41, 5.74) is 1.65. The molecule has 11 heteroatoms. The lowest BCUT2D eigenvalue weighted by atomic mass is 10.0. The molecule has 1 unspecified atom stereocenters. The van der Waals surface area contributed by atoms with Crippen molar-refractivity contribution in [2.75, 3.05) is 24.0 Å². The lowest BCUT2D eigenvalue weighted by Gasteiger charge is -2.34. The molecule has 4 rings (SSSR count). The minimum absolute atomic E-state index is 0.0190. The summed E-state index contributed by atoms with van der Waals surface area (Å²) in [5, 5.41) is 3.66. The summed E-state index contributed by atoms with van der Waals surface area (Å²) in [6.45, 7) is 4.00. The maximum Gasteiger partial charge on any atom is 0.264 e. The zero-order valence-corrected chi connectivity index (χ0v) is 28.1. The van der Waals surface area contributed by atoms with Gasteiger partial charge in [-0.05, 0) is 73.0 Å². The number of halogens is 2. The molecule has 1 N–H and O–H groups in total. The van der Waals surface area contributed by atoms with E-state index in [-0.39, 0.29) is 29.5 Å². The van der Waals surface area contributed by atoms with E-state index in [4.69, 9.17) is 27.9 Å². The Kier molecular flexibility index (Phi) is 12.5. The molecule has 0 saturated heterocycles. The molecule has 1 atom stereocenters. The molecule has 0 saturated carbocycles. The van der Waals surface area contributed by atoms with Gasteiger partial charge < -0.3 is 15.0 Å². The molecule has 0 spiro atoms. The number of ether oxygens (including phenoxy) is 1. The molecule has 4 aromatic carbocycles. The van der Waals surface area contributed by atoms with Gasteiger partial charge in [0.1, 0.15) is 18.3 Å². The van der Waals surface area contributed by atoms with Gasteiger partial charge in [-0.25, -0.2) is 8.42 Å². The summed E-state index contributed by atoms with van der Waals surface area (Å²) >= 11 is 12.7. The molecule has 0 heterocycles. The number of sulfonamides is 1. The fourth-order valence-corrected chi connectivity index (χ4v) is 6.78. The van der Waals surface area contributed by atoms with E-state index in [9.17, 15) is 18.0 Å². The highest BCUT2D eigenvalue weighted by Crippen LogP contribution is 2.28. The Morgan fingerprint density at radius 3 is 2.13 bits per heavy atom. The van der Waals surface area contributed by atoms with E-state index < -0.39 is 28.5 Å². The molecule has 242 valence electrons. The van der Waals surface area contributed by atoms with Crippen molar-refractivity contribution in [1.82, 2.24) is 10.2 Å². The first-order chi connectivity index (χ1) is 22.1. The summed E-state index contributed by atoms with van der Waals surface area (Å²) in [5.74, 6) is -0.390. The molecule has 2 amide bonds. The van der Waals surface area contributed by atoms with Crippen LogP contribution in [0.5, 0.6) is 5.75 Å². The largest absolute Gasteiger partial charge is 0.494 e. The van der Waals surface area contributed by atoms with Crippen molar-refractivity contribution < 1.29 is 22.7 Å². The Labute approximate surface area is 280 Å². The number of anilines is 1. The Balaban J connectivity index is 1.80. The van der Waals surface area contributed by atoms with Gasteiger partial charge in [-0.2, -0.15) is 0 Å². The predicted octanol–water partition coefficient (Wildman–Crippen LogP) is 6.75. The van der Waals surface area contributed by atoms with Crippen LogP contribution in [-0.2, 0) is 32.6 Å². The fourth-order valence-electron chi connectivity index (χ4n) is 4.88. The van der Waals surface area contributed by atoms with Crippen LogP contribution in [0, 0.1) is 0 Å². The van der Waals surface area contributed by atoms with E-state index in [1.807, 2.05) is 44.2 Å². The van der Waals surface area contributed by atoms with Crippen LogP contribution in [0.25, 0.3) is 0 Å². The van der Waals surface area contributed by atoms with Crippen molar-refractivity contribution in [3.63, 3.8) is 0 Å². The molecule has 0 aliphatic heterocycles. The number of amides is 2. The number of nitrogens with one attached hydrogen (secondary N) is 1. The number of hydrogen-bond acceptors (Lipinski definition) is 5. The molecule has 0 fully saturated rings. The van der Waals surface area contributed by atoms with Crippen LogP contribution in [0.3, 0.4) is 0 Å². The summed E-state index contributed by atoms with van der Waals surface area (Å²) in [7, 11) is -4.21. The molecule has 0 aliphatic carbocycles. The van der Waals surface area contributed by atoms with Crippen molar-refractivity contribution >= 4 is 50.7 Å². The first-order valence-corrected chi connectivity index (χ1v) is 17.2. The lowest BCUT2D eigenvalue weighted by Crippen LogP contribution is -2.53. The average Bonchev–Trinajstić information content (AvgIpc) is 3.06. The molecule has 0 aromatic heterocycles. The highest BCUT2D eigenvalue weighted by molar-refractivity contribution is 7.92. The van der Waals surface area contributed by atoms with E-state index in [1.165, 1.54) is 17.0 Å². The minimum atomic E-state index is -4.21. The van der Waals surface area contributed by atoms with Gasteiger partial charge in [0, 0.05) is 29.6 Å². The lowest BCUT2D eigenvalue weighted by molar-refractivity contribution is -0.140. The summed E-state index contributed by atoms with van der Waals surface area (Å²) in [4.78, 5) is 29.7. The van der Waals surface area contributed by atoms with Gasteiger partial charge in [-0.15, -0.1) is 0 Å². The number of rotatable bonds is 15. The van der Waals surface area contributed by atoms with E-state index in [1.54, 1.807) is 60.7 Å².